The molecule has 0 saturated carbocycles. The monoisotopic (exact) mass is 365 g/mol. The van der Waals surface area contributed by atoms with E-state index in [1.165, 1.54) is 17.0 Å². The highest BCUT2D eigenvalue weighted by atomic mass is 32.1. The average Bonchev–Trinajstić information content (AvgIpc) is 3.26. The summed E-state index contributed by atoms with van der Waals surface area (Å²) >= 11 is 0.975. The van der Waals surface area contributed by atoms with Crippen LogP contribution in [0.2, 0.25) is 0 Å². The summed E-state index contributed by atoms with van der Waals surface area (Å²) in [6, 6.07) is 13.8. The van der Waals surface area contributed by atoms with Crippen molar-refractivity contribution in [3.63, 3.8) is 0 Å². The number of rotatable bonds is 4. The molecule has 128 valence electrons. The first kappa shape index (κ1) is 16.0. The summed E-state index contributed by atoms with van der Waals surface area (Å²) in [5.41, 5.74) is 1.97. The second-order valence-corrected chi connectivity index (χ2v) is 6.42. The molecule has 0 radical (unpaired) electrons. The number of fused-ring (bicyclic) bond motifs is 1. The van der Waals surface area contributed by atoms with Crippen molar-refractivity contribution in [2.75, 3.05) is 0 Å². The SMILES string of the molecule is O=C(O)c1sc(-n2cnc3cccc(C(=O)O)c32)nc1-c1ccccc1. The first-order valence-electron chi connectivity index (χ1n) is 7.55. The molecule has 0 fully saturated rings. The van der Waals surface area contributed by atoms with E-state index in [-0.39, 0.29) is 10.4 Å². The number of imidazole rings is 1. The summed E-state index contributed by atoms with van der Waals surface area (Å²) in [5.74, 6) is -2.17. The highest BCUT2D eigenvalue weighted by Crippen LogP contribution is 2.32. The molecule has 0 unspecified atom stereocenters. The molecule has 0 aliphatic carbocycles. The molecule has 8 heteroatoms. The van der Waals surface area contributed by atoms with Gasteiger partial charge in [0.15, 0.2) is 5.13 Å². The minimum Gasteiger partial charge on any atom is -0.478 e. The Morgan fingerprint density at radius 3 is 2.42 bits per heavy atom. The molecule has 26 heavy (non-hydrogen) atoms. The van der Waals surface area contributed by atoms with Crippen LogP contribution in [0.1, 0.15) is 20.0 Å². The number of carboxylic acid groups (broad SMARTS) is 2. The Kier molecular flexibility index (Phi) is 3.74. The van der Waals surface area contributed by atoms with Gasteiger partial charge in [-0.15, -0.1) is 0 Å². The summed E-state index contributed by atoms with van der Waals surface area (Å²) in [7, 11) is 0. The normalized spacial score (nSPS) is 10.9. The first-order chi connectivity index (χ1) is 12.6. The number of carbonyl (C=O) groups is 2. The molecule has 0 bridgehead atoms. The van der Waals surface area contributed by atoms with Crippen LogP contribution in [0.15, 0.2) is 54.9 Å². The molecule has 2 heterocycles. The van der Waals surface area contributed by atoms with E-state index in [4.69, 9.17) is 0 Å². The third kappa shape index (κ3) is 2.52. The van der Waals surface area contributed by atoms with Gasteiger partial charge >= 0.3 is 11.9 Å². The molecule has 0 spiro atoms. The second-order valence-electron chi connectivity index (χ2n) is 5.44. The largest absolute Gasteiger partial charge is 0.478 e. The Bertz CT molecular complexity index is 1150. The summed E-state index contributed by atoms with van der Waals surface area (Å²) in [4.78, 5) is 32.0. The van der Waals surface area contributed by atoms with Crippen LogP contribution in [0.25, 0.3) is 27.4 Å². The van der Waals surface area contributed by atoms with Gasteiger partial charge in [0.25, 0.3) is 0 Å². The maximum absolute atomic E-state index is 11.7. The topological polar surface area (TPSA) is 105 Å². The maximum atomic E-state index is 11.7. The van der Waals surface area contributed by atoms with Crippen LogP contribution < -0.4 is 0 Å². The Hall–Kier alpha value is -3.52. The smallest absolute Gasteiger partial charge is 0.348 e. The van der Waals surface area contributed by atoms with E-state index in [0.29, 0.717) is 27.4 Å². The van der Waals surface area contributed by atoms with Crippen LogP contribution in [-0.2, 0) is 0 Å². The molecule has 0 saturated heterocycles. The molecule has 0 amide bonds. The van der Waals surface area contributed by atoms with Crippen LogP contribution in [0.3, 0.4) is 0 Å². The lowest BCUT2D eigenvalue weighted by molar-refractivity contribution is 0.0689. The predicted octanol–water partition coefficient (Wildman–Crippen LogP) is 3.55. The lowest BCUT2D eigenvalue weighted by Crippen LogP contribution is -2.01. The van der Waals surface area contributed by atoms with Gasteiger partial charge in [-0.25, -0.2) is 19.6 Å². The van der Waals surface area contributed by atoms with E-state index in [2.05, 4.69) is 9.97 Å². The summed E-state index contributed by atoms with van der Waals surface area (Å²) < 4.78 is 1.52. The number of hydrogen-bond donors (Lipinski definition) is 2. The highest BCUT2D eigenvalue weighted by molar-refractivity contribution is 7.16. The molecule has 2 aromatic heterocycles. The molecular weight excluding hydrogens is 354 g/mol. The minimum absolute atomic E-state index is 0.0772. The minimum atomic E-state index is -1.09. The standard InChI is InChI=1S/C18H11N3O4S/c22-16(23)11-7-4-8-12-14(11)21(9-19-12)18-20-13(15(26-18)17(24)25)10-5-2-1-3-6-10/h1-9H,(H,22,23)(H,24,25). The lowest BCUT2D eigenvalue weighted by atomic mass is 10.1. The average molecular weight is 365 g/mol. The number of hydrogen-bond acceptors (Lipinski definition) is 5. The van der Waals surface area contributed by atoms with Gasteiger partial charge in [0.1, 0.15) is 11.2 Å². The number of nitrogens with zero attached hydrogens (tertiary/aromatic N) is 3. The van der Waals surface area contributed by atoms with Gasteiger partial charge in [-0.3, -0.25) is 4.57 Å². The fraction of sp³-hybridized carbons (Fsp3) is 0. The highest BCUT2D eigenvalue weighted by Gasteiger charge is 2.22. The van der Waals surface area contributed by atoms with Crippen LogP contribution in [0.4, 0.5) is 0 Å². The molecule has 2 N–H and O–H groups in total. The number of carboxylic acids is 2. The third-order valence-electron chi connectivity index (χ3n) is 3.86. The number of benzene rings is 2. The van der Waals surface area contributed by atoms with Gasteiger partial charge in [-0.05, 0) is 12.1 Å². The van der Waals surface area contributed by atoms with E-state index >= 15 is 0 Å². The van der Waals surface area contributed by atoms with E-state index < -0.39 is 11.9 Å². The fourth-order valence-electron chi connectivity index (χ4n) is 2.73. The van der Waals surface area contributed by atoms with E-state index in [1.807, 2.05) is 6.07 Å². The maximum Gasteiger partial charge on any atom is 0.348 e. The van der Waals surface area contributed by atoms with E-state index in [0.717, 1.165) is 11.3 Å². The van der Waals surface area contributed by atoms with E-state index in [9.17, 15) is 19.8 Å². The second kappa shape index (κ2) is 6.08. The van der Waals surface area contributed by atoms with Crippen molar-refractivity contribution in [3.05, 3.63) is 65.3 Å². The Morgan fingerprint density at radius 1 is 0.962 bits per heavy atom. The predicted molar refractivity (Wildman–Crippen MR) is 96.1 cm³/mol. The number of aromatic carboxylic acids is 2. The van der Waals surface area contributed by atoms with Crippen molar-refractivity contribution in [3.8, 4) is 16.4 Å². The molecular formula is C18H11N3O4S. The summed E-state index contributed by atoms with van der Waals surface area (Å²) in [6.07, 6.45) is 1.45. The molecule has 0 aliphatic heterocycles. The van der Waals surface area contributed by atoms with E-state index in [1.54, 1.807) is 36.4 Å². The van der Waals surface area contributed by atoms with Crippen molar-refractivity contribution < 1.29 is 19.8 Å². The quantitative estimate of drug-likeness (QED) is 0.573. The van der Waals surface area contributed by atoms with Gasteiger partial charge < -0.3 is 10.2 Å². The Morgan fingerprint density at radius 2 is 1.73 bits per heavy atom. The van der Waals surface area contributed by atoms with Gasteiger partial charge in [-0.1, -0.05) is 47.7 Å². The summed E-state index contributed by atoms with van der Waals surface area (Å²) in [5, 5.41) is 19.3. The zero-order chi connectivity index (χ0) is 18.3. The third-order valence-corrected chi connectivity index (χ3v) is 4.90. The van der Waals surface area contributed by atoms with Crippen LogP contribution in [0.5, 0.6) is 0 Å². The lowest BCUT2D eigenvalue weighted by Gasteiger charge is -2.02. The van der Waals surface area contributed by atoms with Crippen molar-refractivity contribution in [2.24, 2.45) is 0 Å². The van der Waals surface area contributed by atoms with Gasteiger partial charge in [0.2, 0.25) is 0 Å². The zero-order valence-corrected chi connectivity index (χ0v) is 14.0. The Balaban J connectivity index is 1.97. The Labute approximate surface area is 150 Å². The van der Waals surface area contributed by atoms with Crippen molar-refractivity contribution in [2.45, 2.75) is 0 Å². The number of para-hydroxylation sites is 1. The molecule has 7 nitrogen and oxygen atoms in total. The number of aromatic nitrogens is 3. The molecule has 0 atom stereocenters. The fourth-order valence-corrected chi connectivity index (χ4v) is 3.64. The van der Waals surface area contributed by atoms with Crippen molar-refractivity contribution in [1.29, 1.82) is 0 Å². The molecule has 4 rings (SSSR count). The van der Waals surface area contributed by atoms with Crippen molar-refractivity contribution >= 4 is 34.3 Å². The van der Waals surface area contributed by atoms with Crippen LogP contribution >= 0.6 is 11.3 Å². The summed E-state index contributed by atoms with van der Waals surface area (Å²) in [6.45, 7) is 0. The first-order valence-corrected chi connectivity index (χ1v) is 8.37. The molecule has 0 aliphatic rings. The van der Waals surface area contributed by atoms with Gasteiger partial charge in [0.05, 0.1) is 22.3 Å². The number of thiazole rings is 1. The van der Waals surface area contributed by atoms with Crippen LogP contribution in [-0.4, -0.2) is 36.7 Å². The molecule has 4 aromatic rings. The van der Waals surface area contributed by atoms with Gasteiger partial charge in [0, 0.05) is 5.56 Å². The van der Waals surface area contributed by atoms with Crippen molar-refractivity contribution in [1.82, 2.24) is 14.5 Å². The molecule has 2 aromatic carbocycles. The van der Waals surface area contributed by atoms with Crippen LogP contribution in [0, 0.1) is 0 Å². The zero-order valence-electron chi connectivity index (χ0n) is 13.2. The van der Waals surface area contributed by atoms with Gasteiger partial charge in [-0.2, -0.15) is 0 Å².